The molecule has 1 heterocycles. The van der Waals surface area contributed by atoms with Gasteiger partial charge in [0.2, 0.25) is 5.91 Å². The Morgan fingerprint density at radius 2 is 2.20 bits per heavy atom. The molecule has 0 aliphatic carbocycles. The zero-order valence-electron chi connectivity index (χ0n) is 6.23. The summed E-state index contributed by atoms with van der Waals surface area (Å²) >= 11 is 0. The van der Waals surface area contributed by atoms with Crippen molar-refractivity contribution in [3.8, 4) is 0 Å². The third-order valence-electron chi connectivity index (χ3n) is 1.50. The number of carbonyl (C=O) groups is 1. The second kappa shape index (κ2) is 2.73. The lowest BCUT2D eigenvalue weighted by molar-refractivity contribution is -0.120. The van der Waals surface area contributed by atoms with E-state index in [4.69, 9.17) is 4.74 Å². The van der Waals surface area contributed by atoms with Crippen LogP contribution in [-0.4, -0.2) is 12.5 Å². The van der Waals surface area contributed by atoms with Crippen LogP contribution < -0.4 is 5.32 Å². The summed E-state index contributed by atoms with van der Waals surface area (Å²) in [5, 5.41) is 2.71. The Labute approximate surface area is 60.1 Å². The summed E-state index contributed by atoms with van der Waals surface area (Å²) in [7, 11) is 0. The van der Waals surface area contributed by atoms with Crippen LogP contribution in [0.25, 0.3) is 0 Å². The molecule has 0 saturated heterocycles. The fourth-order valence-electron chi connectivity index (χ4n) is 0.765. The second-order valence-corrected chi connectivity index (χ2v) is 2.33. The van der Waals surface area contributed by atoms with Crippen LogP contribution in [0.2, 0.25) is 0 Å². The van der Waals surface area contributed by atoms with E-state index in [9.17, 15) is 4.79 Å². The van der Waals surface area contributed by atoms with Gasteiger partial charge in [0.25, 0.3) is 0 Å². The van der Waals surface area contributed by atoms with E-state index < -0.39 is 0 Å². The van der Waals surface area contributed by atoms with E-state index in [0.717, 1.165) is 11.5 Å². The number of rotatable bonds is 0. The van der Waals surface area contributed by atoms with E-state index >= 15 is 0 Å². The minimum absolute atomic E-state index is 0.0364. The van der Waals surface area contributed by atoms with Gasteiger partial charge in [-0.05, 0) is 13.8 Å². The predicted octanol–water partition coefficient (Wildman–Crippen LogP) is 0.774. The first-order chi connectivity index (χ1) is 4.70. The average molecular weight is 141 g/mol. The molecule has 0 fully saturated rings. The molecule has 0 bridgehead atoms. The molecule has 0 aromatic heterocycles. The van der Waals surface area contributed by atoms with Crippen molar-refractivity contribution in [1.29, 1.82) is 0 Å². The molecular formula is C7H11NO2. The quantitative estimate of drug-likeness (QED) is 0.541. The molecule has 3 heteroatoms. The van der Waals surface area contributed by atoms with Crippen molar-refractivity contribution < 1.29 is 9.53 Å². The van der Waals surface area contributed by atoms with E-state index in [1.54, 1.807) is 0 Å². The van der Waals surface area contributed by atoms with Crippen LogP contribution in [0, 0.1) is 0 Å². The summed E-state index contributed by atoms with van der Waals surface area (Å²) < 4.78 is 5.18. The molecule has 0 spiro atoms. The van der Waals surface area contributed by atoms with Crippen molar-refractivity contribution in [3.63, 3.8) is 0 Å². The topological polar surface area (TPSA) is 38.3 Å². The van der Waals surface area contributed by atoms with Crippen LogP contribution in [0.5, 0.6) is 0 Å². The number of nitrogens with one attached hydrogen (secondary N) is 1. The molecule has 0 aromatic carbocycles. The molecule has 1 amide bonds. The number of hydrogen-bond donors (Lipinski definition) is 1. The number of amides is 1. The van der Waals surface area contributed by atoms with Crippen LogP contribution in [0.3, 0.4) is 0 Å². The second-order valence-electron chi connectivity index (χ2n) is 2.33. The van der Waals surface area contributed by atoms with Gasteiger partial charge >= 0.3 is 0 Å². The minimum atomic E-state index is 0.0364. The van der Waals surface area contributed by atoms with Gasteiger partial charge in [-0.3, -0.25) is 4.79 Å². The molecule has 1 aliphatic heterocycles. The third kappa shape index (κ3) is 1.50. The predicted molar refractivity (Wildman–Crippen MR) is 37.1 cm³/mol. The summed E-state index contributed by atoms with van der Waals surface area (Å²) in [6, 6.07) is 0. The Hall–Kier alpha value is -0.990. The Kier molecular flexibility index (Phi) is 1.94. The highest BCUT2D eigenvalue weighted by molar-refractivity contribution is 5.78. The smallest absolute Gasteiger partial charge is 0.227 e. The lowest BCUT2D eigenvalue weighted by Crippen LogP contribution is -2.20. The molecule has 0 saturated carbocycles. The van der Waals surface area contributed by atoms with Crippen molar-refractivity contribution in [1.82, 2.24) is 5.32 Å². The fraction of sp³-hybridized carbons (Fsp3) is 0.571. The van der Waals surface area contributed by atoms with Gasteiger partial charge in [0.1, 0.15) is 5.76 Å². The Bertz CT molecular complexity index is 184. The first kappa shape index (κ1) is 7.12. The van der Waals surface area contributed by atoms with Crippen molar-refractivity contribution in [3.05, 3.63) is 11.5 Å². The molecule has 10 heavy (non-hydrogen) atoms. The van der Waals surface area contributed by atoms with Crippen LogP contribution in [0.1, 0.15) is 20.3 Å². The van der Waals surface area contributed by atoms with Gasteiger partial charge in [-0.2, -0.15) is 0 Å². The SMILES string of the molecule is CC1=C(C)OCCC(=O)N1. The maximum Gasteiger partial charge on any atom is 0.227 e. The van der Waals surface area contributed by atoms with Gasteiger partial charge in [0.15, 0.2) is 0 Å². The molecule has 1 aliphatic rings. The van der Waals surface area contributed by atoms with Crippen LogP contribution in [0.15, 0.2) is 11.5 Å². The van der Waals surface area contributed by atoms with E-state index in [1.807, 2.05) is 13.8 Å². The van der Waals surface area contributed by atoms with Gasteiger partial charge < -0.3 is 10.1 Å². The Balaban J connectivity index is 2.70. The molecule has 1 rings (SSSR count). The maximum atomic E-state index is 10.8. The highest BCUT2D eigenvalue weighted by Gasteiger charge is 2.09. The summed E-state index contributed by atoms with van der Waals surface area (Å²) in [6.07, 6.45) is 0.453. The minimum Gasteiger partial charge on any atom is -0.496 e. The molecule has 0 atom stereocenters. The van der Waals surface area contributed by atoms with E-state index in [2.05, 4.69) is 5.32 Å². The van der Waals surface area contributed by atoms with Gasteiger partial charge in [-0.15, -0.1) is 0 Å². The van der Waals surface area contributed by atoms with Crippen LogP contribution in [-0.2, 0) is 9.53 Å². The number of ether oxygens (including phenoxy) is 1. The molecule has 56 valence electrons. The third-order valence-corrected chi connectivity index (χ3v) is 1.50. The highest BCUT2D eigenvalue weighted by atomic mass is 16.5. The van der Waals surface area contributed by atoms with Gasteiger partial charge in [0.05, 0.1) is 18.7 Å². The Morgan fingerprint density at radius 3 is 2.90 bits per heavy atom. The highest BCUT2D eigenvalue weighted by Crippen LogP contribution is 2.06. The van der Waals surface area contributed by atoms with Crippen LogP contribution >= 0.6 is 0 Å². The molecular weight excluding hydrogens is 130 g/mol. The normalized spacial score (nSPS) is 19.6. The Morgan fingerprint density at radius 1 is 1.50 bits per heavy atom. The van der Waals surface area contributed by atoms with Crippen LogP contribution in [0.4, 0.5) is 0 Å². The zero-order valence-corrected chi connectivity index (χ0v) is 6.23. The van der Waals surface area contributed by atoms with Gasteiger partial charge in [-0.1, -0.05) is 0 Å². The van der Waals surface area contributed by atoms with E-state index in [0.29, 0.717) is 13.0 Å². The summed E-state index contributed by atoms with van der Waals surface area (Å²) in [5.41, 5.74) is 0.822. The zero-order chi connectivity index (χ0) is 7.56. The molecule has 1 N–H and O–H groups in total. The first-order valence-corrected chi connectivity index (χ1v) is 3.30. The standard InChI is InChI=1S/C7H11NO2/c1-5-6(2)10-4-3-7(9)8-5/h3-4H2,1-2H3,(H,8,9). The molecule has 3 nitrogen and oxygen atoms in total. The number of hydrogen-bond acceptors (Lipinski definition) is 2. The molecule has 0 aromatic rings. The van der Waals surface area contributed by atoms with Gasteiger partial charge in [0, 0.05) is 0 Å². The van der Waals surface area contributed by atoms with Gasteiger partial charge in [-0.25, -0.2) is 0 Å². The lowest BCUT2D eigenvalue weighted by Gasteiger charge is -2.02. The maximum absolute atomic E-state index is 10.8. The monoisotopic (exact) mass is 141 g/mol. The number of allylic oxidation sites excluding steroid dienone is 2. The van der Waals surface area contributed by atoms with E-state index in [1.165, 1.54) is 0 Å². The largest absolute Gasteiger partial charge is 0.496 e. The van der Waals surface area contributed by atoms with Crippen molar-refractivity contribution in [2.24, 2.45) is 0 Å². The van der Waals surface area contributed by atoms with E-state index in [-0.39, 0.29) is 5.91 Å². The summed E-state index contributed by atoms with van der Waals surface area (Å²) in [4.78, 5) is 10.8. The molecule has 0 radical (unpaired) electrons. The van der Waals surface area contributed by atoms with Crippen molar-refractivity contribution in [2.75, 3.05) is 6.61 Å². The summed E-state index contributed by atoms with van der Waals surface area (Å²) in [6.45, 7) is 4.18. The fourth-order valence-corrected chi connectivity index (χ4v) is 0.765. The van der Waals surface area contributed by atoms with Crippen molar-refractivity contribution >= 4 is 5.91 Å². The summed E-state index contributed by atoms with van der Waals surface area (Å²) in [5.74, 6) is 0.847. The number of carbonyl (C=O) groups excluding carboxylic acids is 1. The van der Waals surface area contributed by atoms with Crippen molar-refractivity contribution in [2.45, 2.75) is 20.3 Å². The molecule has 0 unspecified atom stereocenters. The first-order valence-electron chi connectivity index (χ1n) is 3.30. The average Bonchev–Trinajstić information content (AvgIpc) is 1.96. The lowest BCUT2D eigenvalue weighted by atomic mass is 10.4.